The second-order valence-corrected chi connectivity index (χ2v) is 4.94. The molecular formula is C17H12F2O6. The molecule has 1 heterocycles. The molecule has 1 aliphatic rings. The first kappa shape index (κ1) is 16.7. The van der Waals surface area contributed by atoms with E-state index in [1.807, 2.05) is 0 Å². The van der Waals surface area contributed by atoms with Crippen LogP contribution in [0.2, 0.25) is 0 Å². The zero-order chi connectivity index (χ0) is 17.8. The van der Waals surface area contributed by atoms with Crippen molar-refractivity contribution in [3.05, 3.63) is 53.6 Å². The van der Waals surface area contributed by atoms with Crippen molar-refractivity contribution in [3.63, 3.8) is 0 Å². The Morgan fingerprint density at radius 3 is 2.64 bits per heavy atom. The third kappa shape index (κ3) is 3.85. The number of fused-ring (bicyclic) bond motifs is 1. The third-order valence-electron chi connectivity index (χ3n) is 3.35. The van der Waals surface area contributed by atoms with Gasteiger partial charge in [0, 0.05) is 5.56 Å². The maximum absolute atomic E-state index is 12.4. The van der Waals surface area contributed by atoms with Gasteiger partial charge in [-0.1, -0.05) is 12.1 Å². The Morgan fingerprint density at radius 2 is 1.84 bits per heavy atom. The second-order valence-electron chi connectivity index (χ2n) is 4.94. The number of carbonyl (C=O) groups is 2. The van der Waals surface area contributed by atoms with Crippen LogP contribution in [0.4, 0.5) is 8.78 Å². The van der Waals surface area contributed by atoms with Crippen LogP contribution < -0.4 is 14.2 Å². The van der Waals surface area contributed by atoms with Crippen molar-refractivity contribution in [2.24, 2.45) is 0 Å². The highest BCUT2D eigenvalue weighted by atomic mass is 19.3. The molecule has 0 N–H and O–H groups in total. The first-order chi connectivity index (χ1) is 12.0. The van der Waals surface area contributed by atoms with E-state index in [1.165, 1.54) is 36.4 Å². The van der Waals surface area contributed by atoms with Crippen LogP contribution in [-0.4, -0.2) is 31.8 Å². The molecule has 2 aromatic rings. The number of esters is 1. The van der Waals surface area contributed by atoms with Gasteiger partial charge in [0.15, 0.2) is 23.9 Å². The SMILES string of the molecule is O=C(COC(=O)c1ccccc1OC(F)F)c1ccc2c(c1)OCO2. The van der Waals surface area contributed by atoms with Gasteiger partial charge in [-0.2, -0.15) is 8.78 Å². The summed E-state index contributed by atoms with van der Waals surface area (Å²) in [5.41, 5.74) is 0.0791. The number of Topliss-reactive ketones (excluding diaryl/α,β-unsaturated/α-hetero) is 1. The highest BCUT2D eigenvalue weighted by molar-refractivity contribution is 6.00. The normalized spacial score (nSPS) is 12.1. The number of para-hydroxylation sites is 1. The van der Waals surface area contributed by atoms with Crippen molar-refractivity contribution in [1.29, 1.82) is 0 Å². The highest BCUT2D eigenvalue weighted by Gasteiger charge is 2.20. The Kier molecular flexibility index (Phi) is 4.78. The number of ketones is 1. The maximum atomic E-state index is 12.4. The van der Waals surface area contributed by atoms with Gasteiger partial charge in [-0.05, 0) is 30.3 Å². The number of benzene rings is 2. The Hall–Kier alpha value is -3.16. The largest absolute Gasteiger partial charge is 0.454 e. The second kappa shape index (κ2) is 7.16. The number of carbonyl (C=O) groups excluding carboxylic acids is 2. The van der Waals surface area contributed by atoms with Gasteiger partial charge in [-0.15, -0.1) is 0 Å². The lowest BCUT2D eigenvalue weighted by Gasteiger charge is -2.10. The standard InChI is InChI=1S/C17H12F2O6/c18-17(19)25-13-4-2-1-3-11(13)16(21)22-8-12(20)10-5-6-14-15(7-10)24-9-23-14/h1-7,17H,8-9H2. The van der Waals surface area contributed by atoms with Gasteiger partial charge in [0.2, 0.25) is 6.79 Å². The van der Waals surface area contributed by atoms with Gasteiger partial charge in [-0.3, -0.25) is 4.79 Å². The zero-order valence-corrected chi connectivity index (χ0v) is 12.7. The highest BCUT2D eigenvalue weighted by Crippen LogP contribution is 2.32. The Bertz CT molecular complexity index is 805. The minimum absolute atomic E-state index is 0.0723. The molecule has 0 bridgehead atoms. The fourth-order valence-corrected chi connectivity index (χ4v) is 2.20. The molecule has 0 fully saturated rings. The van der Waals surface area contributed by atoms with Crippen LogP contribution >= 0.6 is 0 Å². The minimum atomic E-state index is -3.08. The summed E-state index contributed by atoms with van der Waals surface area (Å²) in [6.07, 6.45) is 0. The van der Waals surface area contributed by atoms with Crippen LogP contribution in [0.15, 0.2) is 42.5 Å². The number of hydrogen-bond acceptors (Lipinski definition) is 6. The lowest BCUT2D eigenvalue weighted by Crippen LogP contribution is -2.16. The Balaban J connectivity index is 1.65. The molecule has 2 aromatic carbocycles. The van der Waals surface area contributed by atoms with Crippen molar-refractivity contribution in [2.75, 3.05) is 13.4 Å². The van der Waals surface area contributed by atoms with E-state index >= 15 is 0 Å². The van der Waals surface area contributed by atoms with Gasteiger partial charge >= 0.3 is 12.6 Å². The molecule has 0 unspecified atom stereocenters. The fourth-order valence-electron chi connectivity index (χ4n) is 2.20. The van der Waals surface area contributed by atoms with Crippen molar-refractivity contribution < 1.29 is 37.3 Å². The average molecular weight is 350 g/mol. The lowest BCUT2D eigenvalue weighted by atomic mass is 10.1. The first-order valence-corrected chi connectivity index (χ1v) is 7.18. The van der Waals surface area contributed by atoms with Gasteiger partial charge in [0.1, 0.15) is 11.3 Å². The van der Waals surface area contributed by atoms with E-state index in [0.717, 1.165) is 0 Å². The molecule has 0 amide bonds. The van der Waals surface area contributed by atoms with E-state index in [4.69, 9.17) is 14.2 Å². The smallest absolute Gasteiger partial charge is 0.387 e. The van der Waals surface area contributed by atoms with Crippen LogP contribution in [0, 0.1) is 0 Å². The first-order valence-electron chi connectivity index (χ1n) is 7.18. The molecule has 6 nitrogen and oxygen atoms in total. The summed E-state index contributed by atoms with van der Waals surface area (Å²) in [6, 6.07) is 9.95. The van der Waals surface area contributed by atoms with Crippen LogP contribution in [0.3, 0.4) is 0 Å². The molecule has 0 atom stereocenters. The predicted molar refractivity (Wildman–Crippen MR) is 80.3 cm³/mol. The van der Waals surface area contributed by atoms with Crippen molar-refractivity contribution in [2.45, 2.75) is 6.61 Å². The van der Waals surface area contributed by atoms with E-state index < -0.39 is 25.0 Å². The summed E-state index contributed by atoms with van der Waals surface area (Å²) in [5, 5.41) is 0. The summed E-state index contributed by atoms with van der Waals surface area (Å²) in [4.78, 5) is 24.1. The van der Waals surface area contributed by atoms with E-state index in [0.29, 0.717) is 11.5 Å². The fraction of sp³-hybridized carbons (Fsp3) is 0.176. The molecule has 0 saturated carbocycles. The maximum Gasteiger partial charge on any atom is 0.387 e. The molecule has 0 aliphatic carbocycles. The van der Waals surface area contributed by atoms with Gasteiger partial charge in [0.05, 0.1) is 0 Å². The zero-order valence-electron chi connectivity index (χ0n) is 12.7. The molecule has 0 saturated heterocycles. The molecule has 8 heteroatoms. The Morgan fingerprint density at radius 1 is 1.08 bits per heavy atom. The average Bonchev–Trinajstić information content (AvgIpc) is 3.07. The summed E-state index contributed by atoms with van der Waals surface area (Å²) < 4.78 is 44.2. The van der Waals surface area contributed by atoms with E-state index in [9.17, 15) is 18.4 Å². The van der Waals surface area contributed by atoms with Crippen molar-refractivity contribution in [1.82, 2.24) is 0 Å². The molecule has 25 heavy (non-hydrogen) atoms. The number of rotatable bonds is 6. The van der Waals surface area contributed by atoms with Crippen LogP contribution in [0.5, 0.6) is 17.2 Å². The Labute approximate surface area is 140 Å². The van der Waals surface area contributed by atoms with Gasteiger partial charge < -0.3 is 18.9 Å². The predicted octanol–water partition coefficient (Wildman–Crippen LogP) is 3.06. The molecule has 0 radical (unpaired) electrons. The van der Waals surface area contributed by atoms with Gasteiger partial charge in [-0.25, -0.2) is 4.79 Å². The number of halogens is 2. The van der Waals surface area contributed by atoms with E-state index in [1.54, 1.807) is 6.07 Å². The van der Waals surface area contributed by atoms with Crippen molar-refractivity contribution in [3.8, 4) is 17.2 Å². The minimum Gasteiger partial charge on any atom is -0.454 e. The molecule has 3 rings (SSSR count). The monoisotopic (exact) mass is 350 g/mol. The molecule has 0 spiro atoms. The quantitative estimate of drug-likeness (QED) is 0.589. The lowest BCUT2D eigenvalue weighted by molar-refractivity contribution is -0.0504. The topological polar surface area (TPSA) is 71.1 Å². The van der Waals surface area contributed by atoms with Crippen LogP contribution in [0.1, 0.15) is 20.7 Å². The molecule has 1 aliphatic heterocycles. The molecular weight excluding hydrogens is 338 g/mol. The van der Waals surface area contributed by atoms with Crippen LogP contribution in [-0.2, 0) is 4.74 Å². The summed E-state index contributed by atoms with van der Waals surface area (Å²) in [5.74, 6) is -0.790. The number of hydrogen-bond donors (Lipinski definition) is 0. The summed E-state index contributed by atoms with van der Waals surface area (Å²) in [7, 11) is 0. The molecule has 130 valence electrons. The number of alkyl halides is 2. The van der Waals surface area contributed by atoms with Gasteiger partial charge in [0.25, 0.3) is 0 Å². The van der Waals surface area contributed by atoms with E-state index in [-0.39, 0.29) is 23.7 Å². The summed E-state index contributed by atoms with van der Waals surface area (Å²) in [6.45, 7) is -3.56. The third-order valence-corrected chi connectivity index (χ3v) is 3.35. The number of ether oxygens (including phenoxy) is 4. The molecule has 0 aromatic heterocycles. The van der Waals surface area contributed by atoms with Crippen molar-refractivity contribution >= 4 is 11.8 Å². The van der Waals surface area contributed by atoms with Crippen LogP contribution in [0.25, 0.3) is 0 Å². The summed E-state index contributed by atoms with van der Waals surface area (Å²) >= 11 is 0. The van der Waals surface area contributed by atoms with E-state index in [2.05, 4.69) is 4.74 Å².